The summed E-state index contributed by atoms with van der Waals surface area (Å²) in [6.45, 7) is 8.99. The maximum absolute atomic E-state index is 13.8. The van der Waals surface area contributed by atoms with Crippen molar-refractivity contribution in [2.75, 3.05) is 26.8 Å². The molecule has 3 heteroatoms. The Kier molecular flexibility index (Phi) is 6.46. The third-order valence-corrected chi connectivity index (χ3v) is 3.96. The quantitative estimate of drug-likeness (QED) is 0.730. The first-order chi connectivity index (χ1) is 8.99. The normalized spacial score (nSPS) is 14.6. The smallest absolute Gasteiger partial charge is 0.126 e. The van der Waals surface area contributed by atoms with Gasteiger partial charge in [-0.05, 0) is 29.4 Å². The van der Waals surface area contributed by atoms with E-state index in [1.54, 1.807) is 13.2 Å². The fourth-order valence-electron chi connectivity index (χ4n) is 2.10. The molecular weight excluding hydrogens is 241 g/mol. The number of methoxy groups -OCH3 is 1. The second-order valence-corrected chi connectivity index (χ2v) is 5.75. The van der Waals surface area contributed by atoms with E-state index in [0.29, 0.717) is 12.5 Å². The fraction of sp³-hybridized carbons (Fsp3) is 0.625. The summed E-state index contributed by atoms with van der Waals surface area (Å²) in [7, 11) is 1.70. The van der Waals surface area contributed by atoms with Crippen LogP contribution in [0.1, 0.15) is 26.3 Å². The average molecular weight is 267 g/mol. The standard InChI is InChI=1S/C16H26FNO/c1-13(2)16(3,12-18-9-10-19-4)11-14-7-5-6-8-15(14)17/h5-8,13,18H,9-12H2,1-4H3. The lowest BCUT2D eigenvalue weighted by Crippen LogP contribution is -2.39. The molecule has 1 atom stereocenters. The Morgan fingerprint density at radius 2 is 2.00 bits per heavy atom. The van der Waals surface area contributed by atoms with Crippen molar-refractivity contribution in [2.24, 2.45) is 11.3 Å². The zero-order chi connectivity index (χ0) is 14.3. The van der Waals surface area contributed by atoms with Crippen molar-refractivity contribution in [1.29, 1.82) is 0 Å². The Morgan fingerprint density at radius 3 is 2.58 bits per heavy atom. The molecule has 19 heavy (non-hydrogen) atoms. The van der Waals surface area contributed by atoms with E-state index in [4.69, 9.17) is 4.74 Å². The topological polar surface area (TPSA) is 21.3 Å². The van der Waals surface area contributed by atoms with Crippen molar-refractivity contribution < 1.29 is 9.13 Å². The van der Waals surface area contributed by atoms with Crippen LogP contribution in [0.4, 0.5) is 4.39 Å². The van der Waals surface area contributed by atoms with Crippen LogP contribution in [0.2, 0.25) is 0 Å². The first kappa shape index (κ1) is 16.1. The van der Waals surface area contributed by atoms with Gasteiger partial charge in [-0.2, -0.15) is 0 Å². The molecule has 0 aromatic heterocycles. The van der Waals surface area contributed by atoms with Crippen molar-refractivity contribution in [3.63, 3.8) is 0 Å². The lowest BCUT2D eigenvalue weighted by atomic mass is 9.74. The Bertz CT molecular complexity index is 381. The highest BCUT2D eigenvalue weighted by molar-refractivity contribution is 5.19. The van der Waals surface area contributed by atoms with Gasteiger partial charge < -0.3 is 10.1 Å². The Labute approximate surface area is 116 Å². The van der Waals surface area contributed by atoms with Crippen LogP contribution in [0.15, 0.2) is 24.3 Å². The molecule has 0 bridgehead atoms. The molecule has 0 aliphatic heterocycles. The summed E-state index contributed by atoms with van der Waals surface area (Å²) in [5.74, 6) is 0.369. The van der Waals surface area contributed by atoms with Gasteiger partial charge in [-0.3, -0.25) is 0 Å². The van der Waals surface area contributed by atoms with E-state index in [-0.39, 0.29) is 11.2 Å². The average Bonchev–Trinajstić information content (AvgIpc) is 2.37. The lowest BCUT2D eigenvalue weighted by molar-refractivity contribution is 0.174. The second kappa shape index (κ2) is 7.61. The summed E-state index contributed by atoms with van der Waals surface area (Å²) < 4.78 is 18.8. The number of hydrogen-bond acceptors (Lipinski definition) is 2. The summed E-state index contributed by atoms with van der Waals surface area (Å²) in [6.07, 6.45) is 0.747. The van der Waals surface area contributed by atoms with E-state index >= 15 is 0 Å². The minimum absolute atomic E-state index is 0.0376. The van der Waals surface area contributed by atoms with Gasteiger partial charge >= 0.3 is 0 Å². The number of halogens is 1. The van der Waals surface area contributed by atoms with Gasteiger partial charge in [0.1, 0.15) is 5.82 Å². The predicted molar refractivity (Wildman–Crippen MR) is 77.8 cm³/mol. The zero-order valence-corrected chi connectivity index (χ0v) is 12.5. The highest BCUT2D eigenvalue weighted by Crippen LogP contribution is 2.31. The van der Waals surface area contributed by atoms with Crippen molar-refractivity contribution in [1.82, 2.24) is 5.32 Å². The zero-order valence-electron chi connectivity index (χ0n) is 12.5. The summed E-state index contributed by atoms with van der Waals surface area (Å²) >= 11 is 0. The summed E-state index contributed by atoms with van der Waals surface area (Å²) in [4.78, 5) is 0. The van der Waals surface area contributed by atoms with E-state index in [0.717, 1.165) is 25.1 Å². The maximum Gasteiger partial charge on any atom is 0.126 e. The number of benzene rings is 1. The molecule has 108 valence electrons. The molecule has 2 nitrogen and oxygen atoms in total. The van der Waals surface area contributed by atoms with Crippen molar-refractivity contribution in [3.05, 3.63) is 35.6 Å². The van der Waals surface area contributed by atoms with Crippen LogP contribution in [-0.2, 0) is 11.2 Å². The monoisotopic (exact) mass is 267 g/mol. The van der Waals surface area contributed by atoms with Gasteiger partial charge in [0.2, 0.25) is 0 Å². The molecule has 1 aromatic carbocycles. The van der Waals surface area contributed by atoms with E-state index in [1.807, 2.05) is 12.1 Å². The predicted octanol–water partition coefficient (Wildman–Crippen LogP) is 3.27. The van der Waals surface area contributed by atoms with Crippen LogP contribution in [0.5, 0.6) is 0 Å². The first-order valence-electron chi connectivity index (χ1n) is 6.92. The Hall–Kier alpha value is -0.930. The molecule has 1 N–H and O–H groups in total. The summed E-state index contributed by atoms with van der Waals surface area (Å²) in [6, 6.07) is 7.06. The highest BCUT2D eigenvalue weighted by atomic mass is 19.1. The van der Waals surface area contributed by atoms with E-state index in [2.05, 4.69) is 26.1 Å². The van der Waals surface area contributed by atoms with Crippen molar-refractivity contribution in [3.8, 4) is 0 Å². The molecule has 1 unspecified atom stereocenters. The number of hydrogen-bond donors (Lipinski definition) is 1. The molecular formula is C16H26FNO. The van der Waals surface area contributed by atoms with Gasteiger partial charge in [0.05, 0.1) is 6.61 Å². The van der Waals surface area contributed by atoms with Gasteiger partial charge in [-0.25, -0.2) is 4.39 Å². The number of ether oxygens (including phenoxy) is 1. The van der Waals surface area contributed by atoms with Crippen molar-refractivity contribution >= 4 is 0 Å². The van der Waals surface area contributed by atoms with Crippen LogP contribution in [0, 0.1) is 17.2 Å². The molecule has 0 radical (unpaired) electrons. The van der Waals surface area contributed by atoms with Crippen LogP contribution in [0.3, 0.4) is 0 Å². The van der Waals surface area contributed by atoms with Gasteiger partial charge in [-0.1, -0.05) is 39.0 Å². The van der Waals surface area contributed by atoms with E-state index in [1.165, 1.54) is 6.07 Å². The van der Waals surface area contributed by atoms with Gasteiger partial charge in [0, 0.05) is 20.2 Å². The maximum atomic E-state index is 13.8. The molecule has 1 rings (SSSR count). The molecule has 0 aliphatic carbocycles. The van der Waals surface area contributed by atoms with E-state index < -0.39 is 0 Å². The lowest BCUT2D eigenvalue weighted by Gasteiger charge is -2.34. The largest absolute Gasteiger partial charge is 0.383 e. The molecule has 0 amide bonds. The molecule has 0 saturated heterocycles. The van der Waals surface area contributed by atoms with Gasteiger partial charge in [0.15, 0.2) is 0 Å². The van der Waals surface area contributed by atoms with Crippen molar-refractivity contribution in [2.45, 2.75) is 27.2 Å². The molecule has 0 fully saturated rings. The van der Waals surface area contributed by atoms with Crippen LogP contribution >= 0.6 is 0 Å². The third-order valence-electron chi connectivity index (χ3n) is 3.96. The SMILES string of the molecule is COCCNCC(C)(Cc1ccccc1F)C(C)C. The molecule has 0 heterocycles. The minimum atomic E-state index is -0.105. The van der Waals surface area contributed by atoms with Crippen LogP contribution < -0.4 is 5.32 Å². The summed E-state index contributed by atoms with van der Waals surface area (Å²) in [5.41, 5.74) is 0.836. The molecule has 0 saturated carbocycles. The Morgan fingerprint density at radius 1 is 1.32 bits per heavy atom. The minimum Gasteiger partial charge on any atom is -0.383 e. The van der Waals surface area contributed by atoms with Crippen LogP contribution in [-0.4, -0.2) is 26.8 Å². The van der Waals surface area contributed by atoms with Crippen LogP contribution in [0.25, 0.3) is 0 Å². The number of rotatable bonds is 8. The third kappa shape index (κ3) is 4.92. The Balaban J connectivity index is 2.68. The van der Waals surface area contributed by atoms with Gasteiger partial charge in [-0.15, -0.1) is 0 Å². The van der Waals surface area contributed by atoms with Gasteiger partial charge in [0.25, 0.3) is 0 Å². The highest BCUT2D eigenvalue weighted by Gasteiger charge is 2.29. The first-order valence-corrected chi connectivity index (χ1v) is 6.92. The number of nitrogens with one attached hydrogen (secondary N) is 1. The summed E-state index contributed by atoms with van der Waals surface area (Å²) in [5, 5.41) is 3.40. The molecule has 1 aromatic rings. The van der Waals surface area contributed by atoms with E-state index in [9.17, 15) is 4.39 Å². The molecule has 0 aliphatic rings. The fourth-order valence-corrected chi connectivity index (χ4v) is 2.10. The second-order valence-electron chi connectivity index (χ2n) is 5.75. The molecule has 0 spiro atoms.